The van der Waals surface area contributed by atoms with Crippen molar-refractivity contribution < 1.29 is 19.1 Å². The first kappa shape index (κ1) is 19.5. The second-order valence-electron chi connectivity index (χ2n) is 7.38. The van der Waals surface area contributed by atoms with E-state index >= 15 is 0 Å². The Morgan fingerprint density at radius 1 is 1.41 bits per heavy atom. The average Bonchev–Trinajstić information content (AvgIpc) is 3.04. The van der Waals surface area contributed by atoms with Crippen LogP contribution in [0.1, 0.15) is 34.1 Å². The molecule has 8 heteroatoms. The number of aliphatic imine (C=N–C) groups is 1. The van der Waals surface area contributed by atoms with E-state index < -0.39 is 5.60 Å². The molecule has 1 atom stereocenters. The number of fused-ring (bicyclic) bond motifs is 1. The van der Waals surface area contributed by atoms with E-state index in [9.17, 15) is 9.59 Å². The number of nitrogens with zero attached hydrogens (tertiary/aromatic N) is 2. The molecule has 3 heterocycles. The summed E-state index contributed by atoms with van der Waals surface area (Å²) in [6.45, 7) is 8.82. The molecular weight excluding hydrogens is 366 g/mol. The van der Waals surface area contributed by atoms with Crippen LogP contribution in [0.5, 0.6) is 0 Å². The van der Waals surface area contributed by atoms with Crippen molar-refractivity contribution in [3.8, 4) is 0 Å². The van der Waals surface area contributed by atoms with Crippen molar-refractivity contribution in [1.29, 1.82) is 0 Å². The molecule has 0 aromatic heterocycles. The van der Waals surface area contributed by atoms with Crippen LogP contribution in [-0.2, 0) is 14.3 Å². The molecule has 0 aromatic rings. The largest absolute Gasteiger partial charge is 0.462 e. The highest BCUT2D eigenvalue weighted by molar-refractivity contribution is 8.18. The lowest BCUT2D eigenvalue weighted by Crippen LogP contribution is -2.39. The molecule has 0 spiro atoms. The maximum absolute atomic E-state index is 12.2. The molecule has 0 saturated heterocycles. The first-order chi connectivity index (χ1) is 12.8. The molecule has 146 valence electrons. The third-order valence-electron chi connectivity index (χ3n) is 4.07. The number of hydrogen-bond donors (Lipinski definition) is 1. The van der Waals surface area contributed by atoms with Crippen LogP contribution < -0.4 is 5.32 Å². The molecule has 0 saturated carbocycles. The number of thioether (sulfide) groups is 1. The minimum absolute atomic E-state index is 0.159. The van der Waals surface area contributed by atoms with Crippen molar-refractivity contribution in [2.75, 3.05) is 19.7 Å². The van der Waals surface area contributed by atoms with Crippen molar-refractivity contribution in [3.05, 3.63) is 34.4 Å². The Bertz CT molecular complexity index is 761. The van der Waals surface area contributed by atoms with Crippen molar-refractivity contribution in [2.24, 2.45) is 4.99 Å². The number of carbonyl (C=O) groups is 2. The van der Waals surface area contributed by atoms with Crippen molar-refractivity contribution in [3.63, 3.8) is 0 Å². The number of nitrogens with one attached hydrogen (secondary N) is 1. The number of rotatable bonds is 3. The van der Waals surface area contributed by atoms with Gasteiger partial charge in [-0.05, 0) is 45.8 Å². The van der Waals surface area contributed by atoms with E-state index in [-0.39, 0.29) is 18.2 Å². The third-order valence-corrected chi connectivity index (χ3v) is 5.21. The molecule has 1 amide bonds. The van der Waals surface area contributed by atoms with Crippen LogP contribution in [0.15, 0.2) is 39.4 Å². The van der Waals surface area contributed by atoms with Crippen molar-refractivity contribution in [2.45, 2.75) is 45.9 Å². The summed E-state index contributed by atoms with van der Waals surface area (Å²) in [4.78, 5) is 31.4. The minimum Gasteiger partial charge on any atom is -0.462 e. The molecule has 0 radical (unpaired) electrons. The fourth-order valence-corrected chi connectivity index (χ4v) is 3.92. The molecule has 3 aliphatic heterocycles. The highest BCUT2D eigenvalue weighted by Gasteiger charge is 2.31. The van der Waals surface area contributed by atoms with Gasteiger partial charge in [0.15, 0.2) is 6.17 Å². The quantitative estimate of drug-likeness (QED) is 0.745. The summed E-state index contributed by atoms with van der Waals surface area (Å²) in [6, 6.07) is 0. The molecule has 0 aromatic carbocycles. The van der Waals surface area contributed by atoms with Crippen LogP contribution in [0.25, 0.3) is 0 Å². The van der Waals surface area contributed by atoms with E-state index in [0.29, 0.717) is 25.3 Å². The number of hydrogen-bond acceptors (Lipinski definition) is 7. The topological polar surface area (TPSA) is 80.2 Å². The first-order valence-electron chi connectivity index (χ1n) is 9.05. The zero-order valence-corrected chi connectivity index (χ0v) is 16.9. The van der Waals surface area contributed by atoms with E-state index in [1.807, 2.05) is 32.9 Å². The van der Waals surface area contributed by atoms with Gasteiger partial charge >= 0.3 is 12.1 Å². The molecule has 0 aliphatic carbocycles. The Morgan fingerprint density at radius 3 is 2.81 bits per heavy atom. The van der Waals surface area contributed by atoms with E-state index in [1.165, 1.54) is 0 Å². The zero-order chi connectivity index (χ0) is 19.6. The van der Waals surface area contributed by atoms with Crippen LogP contribution >= 0.6 is 11.8 Å². The summed E-state index contributed by atoms with van der Waals surface area (Å²) in [5, 5.41) is 4.07. The molecule has 3 aliphatic rings. The summed E-state index contributed by atoms with van der Waals surface area (Å²) in [7, 11) is 0. The number of carbonyl (C=O) groups excluding carboxylic acids is 2. The van der Waals surface area contributed by atoms with E-state index in [4.69, 9.17) is 14.5 Å². The summed E-state index contributed by atoms with van der Waals surface area (Å²) in [5.74, 6) is -0.338. The van der Waals surface area contributed by atoms with Gasteiger partial charge in [-0.3, -0.25) is 0 Å². The molecular formula is C19H25N3O4S. The van der Waals surface area contributed by atoms with Gasteiger partial charge in [-0.25, -0.2) is 14.6 Å². The second-order valence-corrected chi connectivity index (χ2v) is 8.44. The Hall–Kier alpha value is -2.22. The van der Waals surface area contributed by atoms with Gasteiger partial charge < -0.3 is 19.7 Å². The predicted octanol–water partition coefficient (Wildman–Crippen LogP) is 2.96. The summed E-state index contributed by atoms with van der Waals surface area (Å²) < 4.78 is 10.5. The smallest absolute Gasteiger partial charge is 0.410 e. The van der Waals surface area contributed by atoms with Crippen LogP contribution in [0.2, 0.25) is 0 Å². The molecule has 27 heavy (non-hydrogen) atoms. The number of ether oxygens (including phenoxy) is 2. The van der Waals surface area contributed by atoms with Crippen molar-refractivity contribution in [1.82, 2.24) is 10.2 Å². The summed E-state index contributed by atoms with van der Waals surface area (Å²) in [6.07, 6.45) is 5.78. The zero-order valence-electron chi connectivity index (χ0n) is 16.1. The molecule has 0 fully saturated rings. The van der Waals surface area contributed by atoms with Gasteiger partial charge in [-0.15, -0.1) is 0 Å². The highest BCUT2D eigenvalue weighted by Crippen LogP contribution is 2.37. The monoisotopic (exact) mass is 391 g/mol. The molecule has 3 rings (SSSR count). The lowest BCUT2D eigenvalue weighted by molar-refractivity contribution is -0.138. The first-order valence-corrected chi connectivity index (χ1v) is 9.86. The van der Waals surface area contributed by atoms with Gasteiger partial charge in [0.2, 0.25) is 0 Å². The Balaban J connectivity index is 1.61. The van der Waals surface area contributed by atoms with Gasteiger partial charge in [0.05, 0.1) is 12.2 Å². The second kappa shape index (κ2) is 7.80. The van der Waals surface area contributed by atoms with Crippen LogP contribution in [0, 0.1) is 0 Å². The number of dihydropyridines is 1. The number of esters is 1. The molecule has 1 N–H and O–H groups in total. The van der Waals surface area contributed by atoms with Crippen LogP contribution in [0.3, 0.4) is 0 Å². The maximum atomic E-state index is 12.2. The SMILES string of the molecule is CCOC(=O)C1=CNC2N=C(C3=CCN(C(=O)OC(C)(C)C)CC3)SC2=C1. The molecule has 7 nitrogen and oxygen atoms in total. The van der Waals surface area contributed by atoms with Gasteiger partial charge in [-0.2, -0.15) is 0 Å². The Morgan fingerprint density at radius 2 is 2.19 bits per heavy atom. The van der Waals surface area contributed by atoms with Crippen molar-refractivity contribution >= 4 is 28.9 Å². The van der Waals surface area contributed by atoms with Crippen LogP contribution in [0.4, 0.5) is 4.79 Å². The molecule has 0 bridgehead atoms. The fourth-order valence-electron chi connectivity index (χ4n) is 2.80. The normalized spacial score (nSPS) is 21.9. The highest BCUT2D eigenvalue weighted by atomic mass is 32.2. The third kappa shape index (κ3) is 4.74. The average molecular weight is 391 g/mol. The van der Waals surface area contributed by atoms with Gasteiger partial charge in [0.1, 0.15) is 10.6 Å². The fraction of sp³-hybridized carbons (Fsp3) is 0.526. The van der Waals surface area contributed by atoms with E-state index in [2.05, 4.69) is 5.32 Å². The maximum Gasteiger partial charge on any atom is 0.410 e. The summed E-state index contributed by atoms with van der Waals surface area (Å²) >= 11 is 1.56. The number of amides is 1. The van der Waals surface area contributed by atoms with E-state index in [1.54, 1.807) is 29.8 Å². The predicted molar refractivity (Wildman–Crippen MR) is 105 cm³/mol. The van der Waals surface area contributed by atoms with Gasteiger partial charge in [0, 0.05) is 24.2 Å². The van der Waals surface area contributed by atoms with E-state index in [0.717, 1.165) is 21.9 Å². The van der Waals surface area contributed by atoms with Crippen LogP contribution in [-0.4, -0.2) is 53.5 Å². The Kier molecular flexibility index (Phi) is 5.64. The lowest BCUT2D eigenvalue weighted by Gasteiger charge is -2.29. The minimum atomic E-state index is -0.496. The standard InChI is InChI=1S/C19H25N3O4S/c1-5-25-17(23)13-10-14-15(20-11-13)21-16(27-14)12-6-8-22(9-7-12)18(24)26-19(2,3)4/h6,10-11,15,20H,5,7-9H2,1-4H3. The summed E-state index contributed by atoms with van der Waals surface area (Å²) in [5.41, 5.74) is 1.12. The van der Waals surface area contributed by atoms with Gasteiger partial charge in [0.25, 0.3) is 0 Å². The molecule has 1 unspecified atom stereocenters. The van der Waals surface area contributed by atoms with Gasteiger partial charge in [-0.1, -0.05) is 17.8 Å². The Labute approximate surface area is 163 Å². The lowest BCUT2D eigenvalue weighted by atomic mass is 10.1.